The molecule has 0 fully saturated rings. The Bertz CT molecular complexity index is 1010. The predicted octanol–water partition coefficient (Wildman–Crippen LogP) is 3.07. The summed E-state index contributed by atoms with van der Waals surface area (Å²) in [5, 5.41) is 3.88. The molecule has 1 aromatic heterocycles. The molecule has 0 aliphatic heterocycles. The number of ether oxygens (including phenoxy) is 1. The van der Waals surface area contributed by atoms with Crippen LogP contribution in [0.25, 0.3) is 11.3 Å². The summed E-state index contributed by atoms with van der Waals surface area (Å²) in [4.78, 5) is 12.2. The maximum atomic E-state index is 12.2. The molecule has 134 valence electrons. The van der Waals surface area contributed by atoms with Crippen molar-refractivity contribution in [1.82, 2.24) is 5.16 Å². The number of carbonyl (C=O) groups excluding carboxylic acids is 1. The van der Waals surface area contributed by atoms with Crippen LogP contribution in [0.2, 0.25) is 0 Å². The Hall–Kier alpha value is -3.13. The van der Waals surface area contributed by atoms with Gasteiger partial charge in [0.25, 0.3) is 0 Å². The number of esters is 1. The zero-order valence-corrected chi connectivity index (χ0v) is 14.7. The van der Waals surface area contributed by atoms with Crippen LogP contribution in [0.3, 0.4) is 0 Å². The van der Waals surface area contributed by atoms with E-state index in [-0.39, 0.29) is 17.9 Å². The molecule has 0 amide bonds. The maximum Gasteiger partial charge on any atom is 0.338 e. The lowest BCUT2D eigenvalue weighted by Gasteiger charge is -2.06. The van der Waals surface area contributed by atoms with Gasteiger partial charge in [-0.1, -0.05) is 41.6 Å². The van der Waals surface area contributed by atoms with Gasteiger partial charge in [0.05, 0.1) is 11.8 Å². The number of nitrogens with zero attached hydrogens (tertiary/aromatic N) is 1. The van der Waals surface area contributed by atoms with Crippen LogP contribution in [-0.4, -0.2) is 25.8 Å². The van der Waals surface area contributed by atoms with Gasteiger partial charge in [0.2, 0.25) is 10.0 Å². The van der Waals surface area contributed by atoms with Gasteiger partial charge in [-0.3, -0.25) is 4.72 Å². The van der Waals surface area contributed by atoms with E-state index in [2.05, 4.69) is 9.88 Å². The highest BCUT2D eigenvalue weighted by molar-refractivity contribution is 7.92. The molecule has 1 N–H and O–H groups in total. The fourth-order valence-corrected chi connectivity index (χ4v) is 2.82. The molecule has 2 aromatic carbocycles. The van der Waals surface area contributed by atoms with Gasteiger partial charge in [0.1, 0.15) is 12.3 Å². The van der Waals surface area contributed by atoms with Gasteiger partial charge in [0, 0.05) is 17.3 Å². The monoisotopic (exact) mass is 372 g/mol. The van der Waals surface area contributed by atoms with E-state index < -0.39 is 16.0 Å². The van der Waals surface area contributed by atoms with Crippen LogP contribution >= 0.6 is 0 Å². The quantitative estimate of drug-likeness (QED) is 0.668. The highest BCUT2D eigenvalue weighted by Gasteiger charge is 2.12. The van der Waals surface area contributed by atoms with Crippen LogP contribution in [0.15, 0.2) is 65.2 Å². The van der Waals surface area contributed by atoms with Crippen molar-refractivity contribution in [1.29, 1.82) is 0 Å². The van der Waals surface area contributed by atoms with Crippen molar-refractivity contribution >= 4 is 21.7 Å². The molecule has 0 bridgehead atoms. The van der Waals surface area contributed by atoms with Crippen molar-refractivity contribution in [2.75, 3.05) is 11.0 Å². The third-order valence-corrected chi connectivity index (χ3v) is 3.98. The fourth-order valence-electron chi connectivity index (χ4n) is 2.26. The van der Waals surface area contributed by atoms with E-state index in [4.69, 9.17) is 9.26 Å². The lowest BCUT2D eigenvalue weighted by Crippen LogP contribution is -2.11. The zero-order chi connectivity index (χ0) is 18.6. The molecule has 0 aliphatic carbocycles. The average Bonchev–Trinajstić information content (AvgIpc) is 3.08. The number of carbonyl (C=O) groups is 1. The summed E-state index contributed by atoms with van der Waals surface area (Å²) < 4.78 is 35.3. The van der Waals surface area contributed by atoms with Crippen molar-refractivity contribution in [3.05, 3.63) is 71.9 Å². The van der Waals surface area contributed by atoms with Crippen LogP contribution in [0.5, 0.6) is 0 Å². The minimum Gasteiger partial charge on any atom is -0.455 e. The largest absolute Gasteiger partial charge is 0.455 e. The summed E-state index contributed by atoms with van der Waals surface area (Å²) in [6.07, 6.45) is 1.03. The number of sulfonamides is 1. The molecule has 3 aromatic rings. The first kappa shape index (κ1) is 17.7. The van der Waals surface area contributed by atoms with Gasteiger partial charge in [-0.2, -0.15) is 0 Å². The Morgan fingerprint density at radius 2 is 1.88 bits per heavy atom. The highest BCUT2D eigenvalue weighted by Crippen LogP contribution is 2.20. The lowest BCUT2D eigenvalue weighted by molar-refractivity contribution is 0.0464. The van der Waals surface area contributed by atoms with Gasteiger partial charge in [-0.25, -0.2) is 13.2 Å². The molecule has 26 heavy (non-hydrogen) atoms. The van der Waals surface area contributed by atoms with Crippen LogP contribution in [0.1, 0.15) is 16.1 Å². The van der Waals surface area contributed by atoms with E-state index in [0.29, 0.717) is 11.5 Å². The molecule has 3 rings (SSSR count). The van der Waals surface area contributed by atoms with E-state index >= 15 is 0 Å². The van der Waals surface area contributed by atoms with Crippen LogP contribution in [0, 0.1) is 0 Å². The molecule has 0 unspecified atom stereocenters. The smallest absolute Gasteiger partial charge is 0.338 e. The molecule has 0 saturated heterocycles. The second-order valence-electron chi connectivity index (χ2n) is 5.58. The Balaban J connectivity index is 1.64. The van der Waals surface area contributed by atoms with Gasteiger partial charge in [-0.05, 0) is 18.2 Å². The Morgan fingerprint density at radius 3 is 2.62 bits per heavy atom. The number of anilines is 1. The van der Waals surface area contributed by atoms with Gasteiger partial charge < -0.3 is 9.26 Å². The SMILES string of the molecule is CS(=O)(=O)Nc1cccc(C(=O)OCc2cc(-c3ccccc3)on2)c1. The predicted molar refractivity (Wildman–Crippen MR) is 96.0 cm³/mol. The molecule has 8 heteroatoms. The summed E-state index contributed by atoms with van der Waals surface area (Å²) in [7, 11) is -3.42. The molecule has 0 radical (unpaired) electrons. The molecular weight excluding hydrogens is 356 g/mol. The van der Waals surface area contributed by atoms with E-state index in [1.165, 1.54) is 12.1 Å². The van der Waals surface area contributed by atoms with Gasteiger partial charge >= 0.3 is 5.97 Å². The number of hydrogen-bond donors (Lipinski definition) is 1. The number of benzene rings is 2. The van der Waals surface area contributed by atoms with Gasteiger partial charge in [0.15, 0.2) is 5.76 Å². The molecule has 1 heterocycles. The normalized spacial score (nSPS) is 11.1. The second kappa shape index (κ2) is 7.40. The third kappa shape index (κ3) is 4.70. The van der Waals surface area contributed by atoms with Crippen molar-refractivity contribution in [3.8, 4) is 11.3 Å². The van der Waals surface area contributed by atoms with Crippen LogP contribution < -0.4 is 4.72 Å². The number of nitrogens with one attached hydrogen (secondary N) is 1. The van der Waals surface area contributed by atoms with Crippen molar-refractivity contribution in [2.45, 2.75) is 6.61 Å². The molecule has 7 nitrogen and oxygen atoms in total. The van der Waals surface area contributed by atoms with Crippen LogP contribution in [-0.2, 0) is 21.4 Å². The second-order valence-corrected chi connectivity index (χ2v) is 7.33. The van der Waals surface area contributed by atoms with E-state index in [0.717, 1.165) is 11.8 Å². The first-order valence-corrected chi connectivity index (χ1v) is 9.56. The highest BCUT2D eigenvalue weighted by atomic mass is 32.2. The summed E-state index contributed by atoms with van der Waals surface area (Å²) in [6, 6.07) is 17.2. The summed E-state index contributed by atoms with van der Waals surface area (Å²) >= 11 is 0. The van der Waals surface area contributed by atoms with Crippen LogP contribution in [0.4, 0.5) is 5.69 Å². The Morgan fingerprint density at radius 1 is 1.12 bits per heavy atom. The van der Waals surface area contributed by atoms with E-state index in [9.17, 15) is 13.2 Å². The van der Waals surface area contributed by atoms with Crippen molar-refractivity contribution < 1.29 is 22.5 Å². The summed E-state index contributed by atoms with van der Waals surface area (Å²) in [5.41, 5.74) is 1.86. The third-order valence-electron chi connectivity index (χ3n) is 3.37. The molecule has 0 spiro atoms. The summed E-state index contributed by atoms with van der Waals surface area (Å²) in [5.74, 6) is -0.0117. The van der Waals surface area contributed by atoms with Crippen molar-refractivity contribution in [3.63, 3.8) is 0 Å². The Labute approximate surface area is 150 Å². The molecule has 0 saturated carbocycles. The number of rotatable bonds is 6. The molecule has 0 aliphatic rings. The zero-order valence-electron chi connectivity index (χ0n) is 13.9. The lowest BCUT2D eigenvalue weighted by atomic mass is 10.2. The molecular formula is C18H16N2O5S. The minimum absolute atomic E-state index is 0.0566. The number of aromatic nitrogens is 1. The van der Waals surface area contributed by atoms with E-state index in [1.54, 1.807) is 18.2 Å². The summed E-state index contributed by atoms with van der Waals surface area (Å²) in [6.45, 7) is -0.0566. The topological polar surface area (TPSA) is 98.5 Å². The first-order valence-electron chi connectivity index (χ1n) is 7.67. The average molecular weight is 372 g/mol. The Kier molecular flexibility index (Phi) is 5.04. The number of hydrogen-bond acceptors (Lipinski definition) is 6. The standard InChI is InChI=1S/C18H16N2O5S/c1-26(22,23)20-15-9-5-8-14(10-15)18(21)24-12-16-11-17(25-19-16)13-6-3-2-4-7-13/h2-11,20H,12H2,1H3. The maximum absolute atomic E-state index is 12.2. The minimum atomic E-state index is -3.42. The van der Waals surface area contributed by atoms with Crippen molar-refractivity contribution in [2.24, 2.45) is 0 Å². The molecule has 0 atom stereocenters. The fraction of sp³-hybridized carbons (Fsp3) is 0.111. The first-order chi connectivity index (χ1) is 12.4. The van der Waals surface area contributed by atoms with E-state index in [1.807, 2.05) is 30.3 Å². The van der Waals surface area contributed by atoms with Gasteiger partial charge in [-0.15, -0.1) is 0 Å².